The van der Waals surface area contributed by atoms with Crippen LogP contribution in [0.2, 0.25) is 0 Å². The highest BCUT2D eigenvalue weighted by Gasteiger charge is 1.98. The van der Waals surface area contributed by atoms with Crippen molar-refractivity contribution in [1.29, 1.82) is 0 Å². The van der Waals surface area contributed by atoms with Crippen LogP contribution in [0.25, 0.3) is 0 Å². The van der Waals surface area contributed by atoms with Crippen LogP contribution in [0.3, 0.4) is 0 Å². The molecule has 0 bridgehead atoms. The number of nitrogens with two attached hydrogens (primary N) is 1. The Morgan fingerprint density at radius 2 is 1.18 bits per heavy atom. The minimum absolute atomic E-state index is 0. The van der Waals surface area contributed by atoms with Crippen molar-refractivity contribution in [1.82, 2.24) is 0 Å². The zero-order valence-corrected chi connectivity index (χ0v) is 13.8. The molecule has 0 amide bonds. The third-order valence-corrected chi connectivity index (χ3v) is 3.45. The van der Waals surface area contributed by atoms with E-state index in [9.17, 15) is 0 Å². The molecule has 0 aliphatic heterocycles. The molecule has 106 valence electrons. The Morgan fingerprint density at radius 3 is 1.59 bits per heavy atom. The van der Waals surface area contributed by atoms with E-state index in [1.807, 2.05) is 0 Å². The van der Waals surface area contributed by atoms with Crippen molar-refractivity contribution < 1.29 is 0 Å². The maximum absolute atomic E-state index is 5.59. The molecule has 0 radical (unpaired) electrons. The molecule has 0 aromatic heterocycles. The van der Waals surface area contributed by atoms with Crippen LogP contribution in [-0.2, 0) is 0 Å². The Bertz CT molecular complexity index is 128. The molecular formula is C15H34BrN. The predicted octanol–water partition coefficient (Wildman–Crippen LogP) is 5.47. The summed E-state index contributed by atoms with van der Waals surface area (Å²) in [4.78, 5) is 0. The van der Waals surface area contributed by atoms with Gasteiger partial charge in [0, 0.05) is 0 Å². The summed E-state index contributed by atoms with van der Waals surface area (Å²) in [7, 11) is 0. The molecule has 2 heteroatoms. The topological polar surface area (TPSA) is 26.0 Å². The van der Waals surface area contributed by atoms with Crippen LogP contribution in [0.5, 0.6) is 0 Å². The molecule has 0 aliphatic rings. The van der Waals surface area contributed by atoms with Gasteiger partial charge in [0.1, 0.15) is 0 Å². The largest absolute Gasteiger partial charge is 0.330 e. The first-order valence-electron chi connectivity index (χ1n) is 7.51. The van der Waals surface area contributed by atoms with Crippen molar-refractivity contribution in [3.8, 4) is 0 Å². The van der Waals surface area contributed by atoms with E-state index >= 15 is 0 Å². The maximum Gasteiger partial charge on any atom is -0.00515 e. The molecule has 0 saturated carbocycles. The van der Waals surface area contributed by atoms with Crippen molar-refractivity contribution in [3.63, 3.8) is 0 Å². The van der Waals surface area contributed by atoms with Crippen LogP contribution < -0.4 is 5.73 Å². The van der Waals surface area contributed by atoms with Crippen LogP contribution >= 0.6 is 17.0 Å². The lowest BCUT2D eigenvalue weighted by Crippen LogP contribution is -2.10. The summed E-state index contributed by atoms with van der Waals surface area (Å²) >= 11 is 0. The first-order valence-corrected chi connectivity index (χ1v) is 7.51. The summed E-state index contributed by atoms with van der Waals surface area (Å²) in [5, 5.41) is 0. The fourth-order valence-electron chi connectivity index (χ4n) is 2.10. The van der Waals surface area contributed by atoms with E-state index in [-0.39, 0.29) is 17.0 Å². The zero-order valence-electron chi connectivity index (χ0n) is 12.0. The van der Waals surface area contributed by atoms with Gasteiger partial charge in [0.25, 0.3) is 0 Å². The van der Waals surface area contributed by atoms with Gasteiger partial charge >= 0.3 is 0 Å². The Morgan fingerprint density at radius 1 is 0.765 bits per heavy atom. The van der Waals surface area contributed by atoms with E-state index in [0.717, 1.165) is 12.5 Å². The summed E-state index contributed by atoms with van der Waals surface area (Å²) in [5.41, 5.74) is 5.59. The van der Waals surface area contributed by atoms with Crippen LogP contribution in [0.15, 0.2) is 0 Å². The van der Waals surface area contributed by atoms with Crippen LogP contribution in [-0.4, -0.2) is 6.54 Å². The van der Waals surface area contributed by atoms with Crippen molar-refractivity contribution in [2.24, 2.45) is 11.7 Å². The average Bonchev–Trinajstić information content (AvgIpc) is 2.31. The number of unbranched alkanes of at least 4 members (excludes halogenated alkanes) is 9. The van der Waals surface area contributed by atoms with Gasteiger partial charge in [0.05, 0.1) is 0 Å². The third-order valence-electron chi connectivity index (χ3n) is 3.45. The summed E-state index contributed by atoms with van der Waals surface area (Å²) in [5.74, 6) is 0.731. The number of halogens is 1. The molecule has 0 rings (SSSR count). The van der Waals surface area contributed by atoms with E-state index in [0.29, 0.717) is 0 Å². The highest BCUT2D eigenvalue weighted by atomic mass is 79.9. The van der Waals surface area contributed by atoms with Gasteiger partial charge in [0.2, 0.25) is 0 Å². The smallest absolute Gasteiger partial charge is 0.00515 e. The molecule has 0 aromatic carbocycles. The number of rotatable bonds is 12. The first-order chi connectivity index (χ1) is 7.81. The van der Waals surface area contributed by atoms with Crippen molar-refractivity contribution in [2.75, 3.05) is 6.54 Å². The summed E-state index contributed by atoms with van der Waals surface area (Å²) < 4.78 is 0. The monoisotopic (exact) mass is 307 g/mol. The molecule has 1 nitrogen and oxygen atoms in total. The van der Waals surface area contributed by atoms with Gasteiger partial charge in [0.15, 0.2) is 0 Å². The Balaban J connectivity index is 0. The fraction of sp³-hybridized carbons (Fsp3) is 1.00. The van der Waals surface area contributed by atoms with Crippen molar-refractivity contribution in [3.05, 3.63) is 0 Å². The maximum atomic E-state index is 5.59. The molecule has 0 fully saturated rings. The standard InChI is InChI=1S/C15H33N.BrH/c1-3-4-5-6-7-8-9-10-11-12-13-15(2)14-16;/h15H,3-14,16H2,1-2H3;1H. The molecule has 0 aliphatic carbocycles. The second-order valence-corrected chi connectivity index (χ2v) is 5.31. The van der Waals surface area contributed by atoms with Gasteiger partial charge in [-0.1, -0.05) is 78.1 Å². The van der Waals surface area contributed by atoms with Gasteiger partial charge in [-0.05, 0) is 18.9 Å². The molecule has 2 N–H and O–H groups in total. The third kappa shape index (κ3) is 16.4. The molecule has 0 saturated heterocycles. The first kappa shape index (κ1) is 19.8. The van der Waals surface area contributed by atoms with Crippen LogP contribution in [0, 0.1) is 5.92 Å². The summed E-state index contributed by atoms with van der Waals surface area (Å²) in [6.45, 7) is 5.40. The quantitative estimate of drug-likeness (QED) is 0.475. The van der Waals surface area contributed by atoms with Crippen molar-refractivity contribution >= 4 is 17.0 Å². The van der Waals surface area contributed by atoms with Crippen LogP contribution in [0.1, 0.15) is 84.5 Å². The van der Waals surface area contributed by atoms with E-state index in [4.69, 9.17) is 5.73 Å². The molecule has 1 atom stereocenters. The molecule has 0 spiro atoms. The van der Waals surface area contributed by atoms with E-state index in [1.54, 1.807) is 0 Å². The van der Waals surface area contributed by atoms with Gasteiger partial charge in [-0.2, -0.15) is 0 Å². The lowest BCUT2D eigenvalue weighted by Gasteiger charge is -2.07. The second-order valence-electron chi connectivity index (χ2n) is 5.31. The minimum Gasteiger partial charge on any atom is -0.330 e. The summed E-state index contributed by atoms with van der Waals surface area (Å²) in [6.07, 6.45) is 15.6. The molecule has 1 unspecified atom stereocenters. The van der Waals surface area contributed by atoms with Gasteiger partial charge in [-0.15, -0.1) is 17.0 Å². The zero-order chi connectivity index (χ0) is 12.1. The van der Waals surface area contributed by atoms with Gasteiger partial charge in [-0.25, -0.2) is 0 Å². The highest BCUT2D eigenvalue weighted by Crippen LogP contribution is 2.13. The normalized spacial score (nSPS) is 12.2. The van der Waals surface area contributed by atoms with Crippen molar-refractivity contribution in [2.45, 2.75) is 84.5 Å². The molecule has 17 heavy (non-hydrogen) atoms. The number of hydrogen-bond acceptors (Lipinski definition) is 1. The average molecular weight is 308 g/mol. The van der Waals surface area contributed by atoms with Gasteiger partial charge < -0.3 is 5.73 Å². The minimum atomic E-state index is 0. The molecule has 0 heterocycles. The lowest BCUT2D eigenvalue weighted by molar-refractivity contribution is 0.486. The Hall–Kier alpha value is 0.440. The highest BCUT2D eigenvalue weighted by molar-refractivity contribution is 8.93. The number of hydrogen-bond donors (Lipinski definition) is 1. The van der Waals surface area contributed by atoms with Gasteiger partial charge in [-0.3, -0.25) is 0 Å². The van der Waals surface area contributed by atoms with Crippen LogP contribution in [0.4, 0.5) is 0 Å². The van der Waals surface area contributed by atoms with E-state index < -0.39 is 0 Å². The van der Waals surface area contributed by atoms with E-state index in [1.165, 1.54) is 70.6 Å². The molecular weight excluding hydrogens is 274 g/mol. The summed E-state index contributed by atoms with van der Waals surface area (Å²) in [6, 6.07) is 0. The fourth-order valence-corrected chi connectivity index (χ4v) is 2.10. The predicted molar refractivity (Wildman–Crippen MR) is 85.0 cm³/mol. The second kappa shape index (κ2) is 16.4. The molecule has 0 aromatic rings. The Labute approximate surface area is 120 Å². The SMILES string of the molecule is Br.CCCCCCCCCCCCC(C)CN. The lowest BCUT2D eigenvalue weighted by atomic mass is 10.0. The Kier molecular flexibility index (Phi) is 19.1. The van der Waals surface area contributed by atoms with E-state index in [2.05, 4.69) is 13.8 Å².